The van der Waals surface area contributed by atoms with Crippen molar-refractivity contribution in [2.45, 2.75) is 13.0 Å². The van der Waals surface area contributed by atoms with Gasteiger partial charge in [0.25, 0.3) is 5.91 Å². The van der Waals surface area contributed by atoms with Gasteiger partial charge in [-0.05, 0) is 18.6 Å². The Kier molecular flexibility index (Phi) is 4.17. The van der Waals surface area contributed by atoms with E-state index >= 15 is 0 Å². The van der Waals surface area contributed by atoms with Gasteiger partial charge in [-0.15, -0.1) is 0 Å². The molecule has 0 radical (unpaired) electrons. The van der Waals surface area contributed by atoms with Crippen LogP contribution in [0.2, 0.25) is 0 Å². The van der Waals surface area contributed by atoms with Gasteiger partial charge in [-0.2, -0.15) is 5.10 Å². The Balaban J connectivity index is 1.81. The lowest BCUT2D eigenvalue weighted by atomic mass is 10.2. The highest BCUT2D eigenvalue weighted by Crippen LogP contribution is 2.09. The standard InChI is InChI=1S/C12H12F2N4O/c13-9-2-3-10(11(14)6-9)12(19)16-4-1-5-18-8-15-7-17-18/h2-3,6-8H,1,4-5H2,(H,16,19). The van der Waals surface area contributed by atoms with Gasteiger partial charge in [-0.3, -0.25) is 9.48 Å². The van der Waals surface area contributed by atoms with Gasteiger partial charge < -0.3 is 5.32 Å². The molecule has 19 heavy (non-hydrogen) atoms. The Morgan fingerprint density at radius 2 is 2.21 bits per heavy atom. The third kappa shape index (κ3) is 3.57. The van der Waals surface area contributed by atoms with Crippen molar-refractivity contribution >= 4 is 5.91 Å². The van der Waals surface area contributed by atoms with E-state index in [1.165, 1.54) is 6.33 Å². The van der Waals surface area contributed by atoms with Crippen molar-refractivity contribution in [2.24, 2.45) is 0 Å². The Hall–Kier alpha value is -2.31. The maximum Gasteiger partial charge on any atom is 0.254 e. The molecule has 0 atom stereocenters. The SMILES string of the molecule is O=C(NCCCn1cncn1)c1ccc(F)cc1F. The molecule has 0 saturated heterocycles. The second-order valence-corrected chi connectivity index (χ2v) is 3.89. The normalized spacial score (nSPS) is 10.4. The van der Waals surface area contributed by atoms with E-state index in [4.69, 9.17) is 0 Å². The van der Waals surface area contributed by atoms with E-state index in [2.05, 4.69) is 15.4 Å². The number of benzene rings is 1. The summed E-state index contributed by atoms with van der Waals surface area (Å²) in [5.74, 6) is -2.13. The molecule has 2 aromatic rings. The van der Waals surface area contributed by atoms with E-state index in [1.54, 1.807) is 11.0 Å². The lowest BCUT2D eigenvalue weighted by Gasteiger charge is -2.06. The highest BCUT2D eigenvalue weighted by molar-refractivity contribution is 5.94. The van der Waals surface area contributed by atoms with Crippen molar-refractivity contribution in [3.8, 4) is 0 Å². The Morgan fingerprint density at radius 3 is 2.89 bits per heavy atom. The lowest BCUT2D eigenvalue weighted by molar-refractivity contribution is 0.0948. The fourth-order valence-electron chi connectivity index (χ4n) is 1.56. The summed E-state index contributed by atoms with van der Waals surface area (Å²) in [6.07, 6.45) is 3.63. The molecule has 1 aromatic heterocycles. The molecule has 0 fully saturated rings. The Morgan fingerprint density at radius 1 is 1.37 bits per heavy atom. The number of aromatic nitrogens is 3. The largest absolute Gasteiger partial charge is 0.352 e. The van der Waals surface area contributed by atoms with Crippen molar-refractivity contribution in [1.82, 2.24) is 20.1 Å². The van der Waals surface area contributed by atoms with Crippen LogP contribution in [-0.2, 0) is 6.54 Å². The zero-order valence-electron chi connectivity index (χ0n) is 10.0. The molecule has 100 valence electrons. The van der Waals surface area contributed by atoms with E-state index in [0.29, 0.717) is 25.6 Å². The minimum Gasteiger partial charge on any atom is -0.352 e. The van der Waals surface area contributed by atoms with E-state index in [0.717, 1.165) is 12.1 Å². The highest BCUT2D eigenvalue weighted by Gasteiger charge is 2.11. The predicted molar refractivity (Wildman–Crippen MR) is 63.3 cm³/mol. The predicted octanol–water partition coefficient (Wildman–Crippen LogP) is 1.38. The highest BCUT2D eigenvalue weighted by atomic mass is 19.1. The number of nitrogens with zero attached hydrogens (tertiary/aromatic N) is 3. The van der Waals surface area contributed by atoms with Gasteiger partial charge in [0.15, 0.2) is 0 Å². The van der Waals surface area contributed by atoms with Crippen LogP contribution in [0.15, 0.2) is 30.9 Å². The first-order chi connectivity index (χ1) is 9.16. The number of halogens is 2. The molecule has 1 amide bonds. The van der Waals surface area contributed by atoms with Crippen molar-refractivity contribution in [3.63, 3.8) is 0 Å². The fraction of sp³-hybridized carbons (Fsp3) is 0.250. The molecule has 0 spiro atoms. The quantitative estimate of drug-likeness (QED) is 0.832. The summed E-state index contributed by atoms with van der Waals surface area (Å²) in [6.45, 7) is 0.974. The topological polar surface area (TPSA) is 59.8 Å². The number of nitrogens with one attached hydrogen (secondary N) is 1. The van der Waals surface area contributed by atoms with Crippen molar-refractivity contribution in [3.05, 3.63) is 48.1 Å². The first kappa shape index (κ1) is 13.1. The Bertz CT molecular complexity index is 557. The summed E-state index contributed by atoms with van der Waals surface area (Å²) < 4.78 is 27.6. The molecule has 2 rings (SSSR count). The van der Waals surface area contributed by atoms with Gasteiger partial charge in [0.05, 0.1) is 5.56 Å². The monoisotopic (exact) mass is 266 g/mol. The minimum atomic E-state index is -0.867. The molecule has 1 aromatic carbocycles. The lowest BCUT2D eigenvalue weighted by Crippen LogP contribution is -2.26. The van der Waals surface area contributed by atoms with Crippen LogP contribution in [-0.4, -0.2) is 27.2 Å². The average molecular weight is 266 g/mol. The fourth-order valence-corrected chi connectivity index (χ4v) is 1.56. The second kappa shape index (κ2) is 6.03. The second-order valence-electron chi connectivity index (χ2n) is 3.89. The van der Waals surface area contributed by atoms with E-state index < -0.39 is 17.5 Å². The first-order valence-corrected chi connectivity index (χ1v) is 5.72. The zero-order valence-corrected chi connectivity index (χ0v) is 10.0. The molecular formula is C12H12F2N4O. The van der Waals surface area contributed by atoms with Gasteiger partial charge in [-0.1, -0.05) is 0 Å². The summed E-state index contributed by atoms with van der Waals surface area (Å²) in [5, 5.41) is 6.46. The molecular weight excluding hydrogens is 254 g/mol. The zero-order chi connectivity index (χ0) is 13.7. The van der Waals surface area contributed by atoms with Crippen LogP contribution in [0.25, 0.3) is 0 Å². The summed E-state index contributed by atoms with van der Waals surface area (Å²) in [5.41, 5.74) is -0.165. The molecule has 0 bridgehead atoms. The van der Waals surface area contributed by atoms with Crippen LogP contribution < -0.4 is 5.32 Å². The molecule has 0 unspecified atom stereocenters. The maximum atomic E-state index is 13.3. The van der Waals surface area contributed by atoms with E-state index in [9.17, 15) is 13.6 Å². The van der Waals surface area contributed by atoms with Gasteiger partial charge in [0.2, 0.25) is 0 Å². The number of rotatable bonds is 5. The summed E-state index contributed by atoms with van der Waals surface area (Å²) in [6, 6.07) is 2.86. The summed E-state index contributed by atoms with van der Waals surface area (Å²) >= 11 is 0. The van der Waals surface area contributed by atoms with Gasteiger partial charge in [0.1, 0.15) is 24.3 Å². The van der Waals surface area contributed by atoms with Crippen molar-refractivity contribution in [1.29, 1.82) is 0 Å². The Labute approximate surface area is 108 Å². The smallest absolute Gasteiger partial charge is 0.254 e. The van der Waals surface area contributed by atoms with Crippen LogP contribution in [0.3, 0.4) is 0 Å². The van der Waals surface area contributed by atoms with Gasteiger partial charge in [-0.25, -0.2) is 13.8 Å². The number of carbonyl (C=O) groups excluding carboxylic acids is 1. The molecule has 1 N–H and O–H groups in total. The number of aryl methyl sites for hydroxylation is 1. The molecule has 0 aliphatic heterocycles. The van der Waals surface area contributed by atoms with Crippen molar-refractivity contribution < 1.29 is 13.6 Å². The molecule has 5 nitrogen and oxygen atoms in total. The third-order valence-corrected chi connectivity index (χ3v) is 2.49. The number of amides is 1. The van der Waals surface area contributed by atoms with Crippen LogP contribution in [0.4, 0.5) is 8.78 Å². The van der Waals surface area contributed by atoms with E-state index in [-0.39, 0.29) is 5.56 Å². The average Bonchev–Trinajstić information content (AvgIpc) is 2.87. The molecule has 0 aliphatic carbocycles. The molecule has 7 heteroatoms. The first-order valence-electron chi connectivity index (χ1n) is 5.72. The number of hydrogen-bond donors (Lipinski definition) is 1. The van der Waals surface area contributed by atoms with Crippen molar-refractivity contribution in [2.75, 3.05) is 6.54 Å². The van der Waals surface area contributed by atoms with Crippen LogP contribution in [0.5, 0.6) is 0 Å². The van der Waals surface area contributed by atoms with Crippen LogP contribution in [0, 0.1) is 11.6 Å². The van der Waals surface area contributed by atoms with Crippen LogP contribution in [0.1, 0.15) is 16.8 Å². The third-order valence-electron chi connectivity index (χ3n) is 2.49. The maximum absolute atomic E-state index is 13.3. The van der Waals surface area contributed by atoms with Crippen LogP contribution >= 0.6 is 0 Å². The van der Waals surface area contributed by atoms with E-state index in [1.807, 2.05) is 0 Å². The molecule has 0 aliphatic rings. The van der Waals surface area contributed by atoms with Gasteiger partial charge in [0, 0.05) is 19.2 Å². The summed E-state index contributed by atoms with van der Waals surface area (Å²) in [4.78, 5) is 15.4. The summed E-state index contributed by atoms with van der Waals surface area (Å²) in [7, 11) is 0. The van der Waals surface area contributed by atoms with Gasteiger partial charge >= 0.3 is 0 Å². The molecule has 0 saturated carbocycles. The molecule has 1 heterocycles. The number of carbonyl (C=O) groups is 1. The minimum absolute atomic E-state index is 0.165. The number of hydrogen-bond acceptors (Lipinski definition) is 3.